The van der Waals surface area contributed by atoms with Gasteiger partial charge in [0, 0.05) is 36.6 Å². The number of amides is 1. The Balaban J connectivity index is 1.55. The summed E-state index contributed by atoms with van der Waals surface area (Å²) in [5, 5.41) is 2.73. The fraction of sp³-hybridized carbons (Fsp3) is 0.350. The summed E-state index contributed by atoms with van der Waals surface area (Å²) in [5.74, 6) is -0.695. The monoisotopic (exact) mass is 403 g/mol. The van der Waals surface area contributed by atoms with Gasteiger partial charge in [-0.15, -0.1) is 0 Å². The zero-order valence-corrected chi connectivity index (χ0v) is 16.2. The van der Waals surface area contributed by atoms with Crippen LogP contribution in [0.4, 0.5) is 21.5 Å². The highest BCUT2D eigenvalue weighted by molar-refractivity contribution is 7.93. The SMILES string of the molecule is O=C(Nc1cc(F)cc(N2CCCC2)c1)c1cccc(N2CCCS2(=O)=O)c1. The van der Waals surface area contributed by atoms with Gasteiger partial charge in [-0.25, -0.2) is 12.8 Å². The summed E-state index contributed by atoms with van der Waals surface area (Å²) in [7, 11) is -3.32. The third kappa shape index (κ3) is 3.82. The maximum atomic E-state index is 14.0. The summed E-state index contributed by atoms with van der Waals surface area (Å²) < 4.78 is 39.6. The molecule has 148 valence electrons. The van der Waals surface area contributed by atoms with Crippen molar-refractivity contribution in [3.05, 3.63) is 53.8 Å². The Bertz CT molecular complexity index is 1000. The Kier molecular flexibility index (Phi) is 4.97. The molecule has 0 bridgehead atoms. The number of hydrogen-bond acceptors (Lipinski definition) is 4. The molecule has 1 N–H and O–H groups in total. The minimum atomic E-state index is -3.32. The second kappa shape index (κ2) is 7.43. The van der Waals surface area contributed by atoms with E-state index in [9.17, 15) is 17.6 Å². The predicted molar refractivity (Wildman–Crippen MR) is 108 cm³/mol. The van der Waals surface area contributed by atoms with Gasteiger partial charge in [-0.05, 0) is 55.7 Å². The first-order valence-electron chi connectivity index (χ1n) is 9.40. The fourth-order valence-electron chi connectivity index (χ4n) is 3.74. The number of anilines is 3. The van der Waals surface area contributed by atoms with Crippen LogP contribution >= 0.6 is 0 Å². The first-order chi connectivity index (χ1) is 13.4. The van der Waals surface area contributed by atoms with Gasteiger partial charge in [0.05, 0.1) is 11.4 Å². The average molecular weight is 403 g/mol. The lowest BCUT2D eigenvalue weighted by Crippen LogP contribution is -2.25. The molecule has 0 aliphatic carbocycles. The van der Waals surface area contributed by atoms with Crippen molar-refractivity contribution in [3.8, 4) is 0 Å². The highest BCUT2D eigenvalue weighted by Gasteiger charge is 2.28. The van der Waals surface area contributed by atoms with Crippen LogP contribution in [0.3, 0.4) is 0 Å². The molecule has 2 aliphatic rings. The lowest BCUT2D eigenvalue weighted by Gasteiger charge is -2.19. The van der Waals surface area contributed by atoms with Crippen LogP contribution in [0.2, 0.25) is 0 Å². The van der Waals surface area contributed by atoms with Crippen LogP contribution in [-0.2, 0) is 10.0 Å². The van der Waals surface area contributed by atoms with Gasteiger partial charge in [0.15, 0.2) is 0 Å². The second-order valence-corrected chi connectivity index (χ2v) is 9.15. The van der Waals surface area contributed by atoms with Crippen molar-refractivity contribution in [2.45, 2.75) is 19.3 Å². The lowest BCUT2D eigenvalue weighted by molar-refractivity contribution is 0.102. The molecular formula is C20H22FN3O3S. The summed E-state index contributed by atoms with van der Waals surface area (Å²) in [4.78, 5) is 14.8. The Labute approximate surface area is 164 Å². The van der Waals surface area contributed by atoms with Crippen molar-refractivity contribution in [2.24, 2.45) is 0 Å². The number of carbonyl (C=O) groups is 1. The van der Waals surface area contributed by atoms with E-state index in [1.165, 1.54) is 16.4 Å². The Hall–Kier alpha value is -2.61. The van der Waals surface area contributed by atoms with E-state index in [0.717, 1.165) is 31.6 Å². The number of carbonyl (C=O) groups excluding carboxylic acids is 1. The van der Waals surface area contributed by atoms with Crippen LogP contribution < -0.4 is 14.5 Å². The van der Waals surface area contributed by atoms with E-state index in [4.69, 9.17) is 0 Å². The minimum Gasteiger partial charge on any atom is -0.371 e. The first-order valence-corrected chi connectivity index (χ1v) is 11.0. The third-order valence-electron chi connectivity index (χ3n) is 5.11. The molecule has 0 atom stereocenters. The van der Waals surface area contributed by atoms with E-state index in [0.29, 0.717) is 29.9 Å². The van der Waals surface area contributed by atoms with E-state index in [2.05, 4.69) is 10.2 Å². The van der Waals surface area contributed by atoms with Gasteiger partial charge < -0.3 is 10.2 Å². The summed E-state index contributed by atoms with van der Waals surface area (Å²) in [6.45, 7) is 2.17. The lowest BCUT2D eigenvalue weighted by atomic mass is 10.1. The largest absolute Gasteiger partial charge is 0.371 e. The smallest absolute Gasteiger partial charge is 0.255 e. The molecule has 1 amide bonds. The third-order valence-corrected chi connectivity index (χ3v) is 6.98. The van der Waals surface area contributed by atoms with Crippen LogP contribution in [0.25, 0.3) is 0 Å². The summed E-state index contributed by atoms with van der Waals surface area (Å²) in [6.07, 6.45) is 2.72. The Morgan fingerprint density at radius 1 is 0.964 bits per heavy atom. The predicted octanol–water partition coefficient (Wildman–Crippen LogP) is 3.22. The van der Waals surface area contributed by atoms with Crippen LogP contribution in [-0.4, -0.2) is 39.7 Å². The molecule has 6 nitrogen and oxygen atoms in total. The molecular weight excluding hydrogens is 381 g/mol. The Morgan fingerprint density at radius 2 is 1.75 bits per heavy atom. The van der Waals surface area contributed by atoms with Gasteiger partial charge in [-0.2, -0.15) is 0 Å². The topological polar surface area (TPSA) is 69.7 Å². The van der Waals surface area contributed by atoms with Crippen LogP contribution in [0.5, 0.6) is 0 Å². The van der Waals surface area contributed by atoms with Crippen molar-refractivity contribution in [2.75, 3.05) is 39.9 Å². The number of benzene rings is 2. The Morgan fingerprint density at radius 3 is 2.46 bits per heavy atom. The minimum absolute atomic E-state index is 0.117. The van der Waals surface area contributed by atoms with Crippen molar-refractivity contribution in [1.82, 2.24) is 0 Å². The van der Waals surface area contributed by atoms with E-state index < -0.39 is 21.7 Å². The molecule has 0 saturated carbocycles. The molecule has 2 aliphatic heterocycles. The van der Waals surface area contributed by atoms with E-state index >= 15 is 0 Å². The normalized spacial score (nSPS) is 18.5. The first kappa shape index (κ1) is 18.7. The van der Waals surface area contributed by atoms with E-state index in [1.54, 1.807) is 30.3 Å². The molecule has 2 saturated heterocycles. The molecule has 0 spiro atoms. The van der Waals surface area contributed by atoms with Gasteiger partial charge in [0.25, 0.3) is 5.91 Å². The second-order valence-electron chi connectivity index (χ2n) is 7.14. The maximum absolute atomic E-state index is 14.0. The van der Waals surface area contributed by atoms with Crippen LogP contribution in [0, 0.1) is 5.82 Å². The molecule has 0 aromatic heterocycles. The molecule has 8 heteroatoms. The summed E-state index contributed by atoms with van der Waals surface area (Å²) in [5.41, 5.74) is 1.93. The molecule has 4 rings (SSSR count). The van der Waals surface area contributed by atoms with Gasteiger partial charge in [0.2, 0.25) is 10.0 Å². The molecule has 2 aromatic rings. The zero-order valence-electron chi connectivity index (χ0n) is 15.4. The molecule has 28 heavy (non-hydrogen) atoms. The number of sulfonamides is 1. The molecule has 2 heterocycles. The van der Waals surface area contributed by atoms with Gasteiger partial charge in [0.1, 0.15) is 5.82 Å². The van der Waals surface area contributed by atoms with Gasteiger partial charge >= 0.3 is 0 Å². The van der Waals surface area contributed by atoms with Gasteiger partial charge in [-0.3, -0.25) is 9.10 Å². The molecule has 2 aromatic carbocycles. The number of hydrogen-bond donors (Lipinski definition) is 1. The standard InChI is InChI=1S/C20H22FN3O3S/c21-16-12-17(14-19(13-16)23-7-1-2-8-23)22-20(25)15-5-3-6-18(11-15)24-9-4-10-28(24,26)27/h3,5-6,11-14H,1-2,4,7-10H2,(H,22,25). The molecule has 0 radical (unpaired) electrons. The van der Waals surface area contributed by atoms with E-state index in [-0.39, 0.29) is 5.75 Å². The number of nitrogens with zero attached hydrogens (tertiary/aromatic N) is 2. The quantitative estimate of drug-likeness (QED) is 0.851. The highest BCUT2D eigenvalue weighted by Crippen LogP contribution is 2.27. The average Bonchev–Trinajstić information content (AvgIpc) is 3.30. The van der Waals surface area contributed by atoms with Crippen LogP contribution in [0.1, 0.15) is 29.6 Å². The zero-order chi connectivity index (χ0) is 19.7. The molecule has 0 unspecified atom stereocenters. The summed E-state index contributed by atoms with van der Waals surface area (Å²) >= 11 is 0. The maximum Gasteiger partial charge on any atom is 0.255 e. The molecule has 2 fully saturated rings. The van der Waals surface area contributed by atoms with Crippen molar-refractivity contribution < 1.29 is 17.6 Å². The number of rotatable bonds is 4. The van der Waals surface area contributed by atoms with Crippen molar-refractivity contribution in [1.29, 1.82) is 0 Å². The number of nitrogens with one attached hydrogen (secondary N) is 1. The van der Waals surface area contributed by atoms with Crippen molar-refractivity contribution >= 4 is 33.0 Å². The number of halogens is 1. The van der Waals surface area contributed by atoms with Crippen LogP contribution in [0.15, 0.2) is 42.5 Å². The highest BCUT2D eigenvalue weighted by atomic mass is 32.2. The van der Waals surface area contributed by atoms with E-state index in [1.807, 2.05) is 0 Å². The fourth-order valence-corrected chi connectivity index (χ4v) is 5.30. The summed E-state index contributed by atoms with van der Waals surface area (Å²) in [6, 6.07) is 11.0. The van der Waals surface area contributed by atoms with Gasteiger partial charge in [-0.1, -0.05) is 6.07 Å². The van der Waals surface area contributed by atoms with Crippen molar-refractivity contribution in [3.63, 3.8) is 0 Å².